The molecule has 4 aromatic rings. The number of rotatable bonds is 4. The minimum Gasteiger partial charge on any atom is -0.497 e. The van der Waals surface area contributed by atoms with E-state index in [-0.39, 0.29) is 23.4 Å². The molecular weight excluding hydrogens is 391 g/mol. The Hall–Kier alpha value is -3.32. The molecule has 0 radical (unpaired) electrons. The van der Waals surface area contributed by atoms with Crippen LogP contribution < -0.4 is 20.4 Å². The van der Waals surface area contributed by atoms with Gasteiger partial charge in [0.25, 0.3) is 11.1 Å². The molecule has 0 aliphatic rings. The predicted octanol–water partition coefficient (Wildman–Crippen LogP) is 2.71. The van der Waals surface area contributed by atoms with Crippen LogP contribution in [0.25, 0.3) is 11.0 Å². The summed E-state index contributed by atoms with van der Waals surface area (Å²) in [5.41, 5.74) is 1.98. The number of hydrogen-bond donors (Lipinski definition) is 0. The molecule has 0 spiro atoms. The van der Waals surface area contributed by atoms with Crippen LogP contribution in [0.3, 0.4) is 0 Å². The summed E-state index contributed by atoms with van der Waals surface area (Å²) in [4.78, 5) is 30.0. The van der Waals surface area contributed by atoms with Crippen LogP contribution in [0.2, 0.25) is 0 Å². The number of benzene rings is 2. The van der Waals surface area contributed by atoms with E-state index in [0.717, 1.165) is 11.1 Å². The Morgan fingerprint density at radius 1 is 1.17 bits per heavy atom. The maximum atomic E-state index is 13.1. The highest BCUT2D eigenvalue weighted by molar-refractivity contribution is 7.15. The zero-order valence-electron chi connectivity index (χ0n) is 15.8. The molecule has 7 heteroatoms. The highest BCUT2D eigenvalue weighted by Crippen LogP contribution is 2.14. The van der Waals surface area contributed by atoms with E-state index in [0.29, 0.717) is 26.5 Å². The molecule has 2 aromatic heterocycles. The zero-order valence-corrected chi connectivity index (χ0v) is 16.6. The lowest BCUT2D eigenvalue weighted by Crippen LogP contribution is -2.27. The number of fused-ring (bicyclic) bond motifs is 1. The second-order valence-corrected chi connectivity index (χ2v) is 7.60. The lowest BCUT2D eigenvalue weighted by molar-refractivity contribution is 0.414. The first-order chi connectivity index (χ1) is 14.0. The average molecular weight is 408 g/mol. The molecule has 4 rings (SSSR count). The van der Waals surface area contributed by atoms with Crippen LogP contribution in [0.1, 0.15) is 22.4 Å². The molecular formula is C22H17FN2O3S. The molecule has 2 heterocycles. The number of halogens is 1. The Labute approximate surface area is 169 Å². The predicted molar refractivity (Wildman–Crippen MR) is 111 cm³/mol. The summed E-state index contributed by atoms with van der Waals surface area (Å²) < 4.78 is 20.3. The van der Waals surface area contributed by atoms with Crippen molar-refractivity contribution in [3.05, 3.63) is 102 Å². The van der Waals surface area contributed by atoms with Gasteiger partial charge >= 0.3 is 0 Å². The van der Waals surface area contributed by atoms with Gasteiger partial charge in [-0.1, -0.05) is 35.6 Å². The number of hydrogen-bond acceptors (Lipinski definition) is 5. The largest absolute Gasteiger partial charge is 0.497 e. The molecule has 2 aromatic carbocycles. The van der Waals surface area contributed by atoms with Crippen molar-refractivity contribution in [3.8, 4) is 5.75 Å². The third kappa shape index (κ3) is 3.69. The molecule has 0 atom stereocenters. The highest BCUT2D eigenvalue weighted by atomic mass is 32.1. The van der Waals surface area contributed by atoms with Gasteiger partial charge in [-0.25, -0.2) is 4.39 Å². The third-order valence-corrected chi connectivity index (χ3v) is 5.69. The first-order valence-corrected chi connectivity index (χ1v) is 9.73. The molecule has 0 saturated heterocycles. The molecule has 29 heavy (non-hydrogen) atoms. The van der Waals surface area contributed by atoms with Gasteiger partial charge in [-0.3, -0.25) is 14.0 Å². The van der Waals surface area contributed by atoms with E-state index in [9.17, 15) is 14.0 Å². The van der Waals surface area contributed by atoms with Crippen molar-refractivity contribution in [2.45, 2.75) is 13.3 Å². The maximum Gasteiger partial charge on any atom is 0.277 e. The summed E-state index contributed by atoms with van der Waals surface area (Å²) in [5.74, 6) is 0.353. The monoisotopic (exact) mass is 408 g/mol. The van der Waals surface area contributed by atoms with Crippen LogP contribution in [0, 0.1) is 12.7 Å². The molecule has 0 aliphatic carbocycles. The van der Waals surface area contributed by atoms with Gasteiger partial charge in [0.1, 0.15) is 11.6 Å². The fraction of sp³-hybridized carbons (Fsp3) is 0.136. The van der Waals surface area contributed by atoms with E-state index in [1.165, 1.54) is 27.9 Å². The number of ether oxygens (including phenoxy) is 1. The fourth-order valence-corrected chi connectivity index (χ4v) is 4.19. The summed E-state index contributed by atoms with van der Waals surface area (Å²) in [6, 6.07) is 13.3. The summed E-state index contributed by atoms with van der Waals surface area (Å²) >= 11 is 1.17. The molecule has 0 N–H and O–H groups in total. The molecule has 0 amide bonds. The first kappa shape index (κ1) is 19.0. The highest BCUT2D eigenvalue weighted by Gasteiger charge is 2.15. The average Bonchev–Trinajstić information content (AvgIpc) is 3.01. The molecule has 0 aliphatic heterocycles. The van der Waals surface area contributed by atoms with E-state index in [2.05, 4.69) is 4.98 Å². The minimum atomic E-state index is -0.374. The van der Waals surface area contributed by atoms with Crippen molar-refractivity contribution in [3.63, 3.8) is 0 Å². The maximum absolute atomic E-state index is 13.1. The van der Waals surface area contributed by atoms with Crippen molar-refractivity contribution >= 4 is 22.4 Å². The van der Waals surface area contributed by atoms with E-state index in [4.69, 9.17) is 4.74 Å². The Balaban J connectivity index is 1.85. The van der Waals surface area contributed by atoms with Crippen molar-refractivity contribution in [1.29, 1.82) is 0 Å². The van der Waals surface area contributed by atoms with Crippen molar-refractivity contribution in [1.82, 2.24) is 9.38 Å². The lowest BCUT2D eigenvalue weighted by Gasteiger charge is -2.06. The zero-order chi connectivity index (χ0) is 20.5. The van der Waals surface area contributed by atoms with Crippen LogP contribution in [-0.4, -0.2) is 16.5 Å². The fourth-order valence-electron chi connectivity index (χ4n) is 3.18. The van der Waals surface area contributed by atoms with Crippen LogP contribution in [0.4, 0.5) is 4.39 Å². The molecule has 0 fully saturated rings. The normalized spacial score (nSPS) is 11.9. The minimum absolute atomic E-state index is 0.224. The smallest absolute Gasteiger partial charge is 0.277 e. The van der Waals surface area contributed by atoms with Crippen LogP contribution in [0.5, 0.6) is 5.75 Å². The van der Waals surface area contributed by atoms with E-state index in [1.54, 1.807) is 32.2 Å². The van der Waals surface area contributed by atoms with Gasteiger partial charge in [0.2, 0.25) is 4.96 Å². The summed E-state index contributed by atoms with van der Waals surface area (Å²) in [7, 11) is 1.58. The number of aromatic nitrogens is 2. The van der Waals surface area contributed by atoms with Gasteiger partial charge in [0.15, 0.2) is 0 Å². The SMILES string of the molecule is COc1cccc(/C=c2\sc3nc(=O)c(Cc4ccc(F)cc4)c(C)n3c2=O)c1. The van der Waals surface area contributed by atoms with Crippen molar-refractivity contribution in [2.24, 2.45) is 0 Å². The first-order valence-electron chi connectivity index (χ1n) is 8.91. The molecule has 0 saturated carbocycles. The van der Waals surface area contributed by atoms with Gasteiger partial charge in [0, 0.05) is 17.7 Å². The van der Waals surface area contributed by atoms with E-state index < -0.39 is 0 Å². The Morgan fingerprint density at radius 3 is 2.66 bits per heavy atom. The number of aryl methyl sites for hydroxylation is 1. The van der Waals surface area contributed by atoms with Gasteiger partial charge in [-0.2, -0.15) is 4.98 Å². The summed E-state index contributed by atoms with van der Waals surface area (Å²) in [5, 5.41) is 0. The number of thiazole rings is 1. The van der Waals surface area contributed by atoms with Gasteiger partial charge in [0.05, 0.1) is 11.6 Å². The molecule has 0 bridgehead atoms. The third-order valence-electron chi connectivity index (χ3n) is 4.72. The molecule has 0 unspecified atom stereocenters. The molecule has 5 nitrogen and oxygen atoms in total. The van der Waals surface area contributed by atoms with Crippen molar-refractivity contribution in [2.75, 3.05) is 7.11 Å². The van der Waals surface area contributed by atoms with Crippen LogP contribution in [0.15, 0.2) is 58.1 Å². The Morgan fingerprint density at radius 2 is 1.93 bits per heavy atom. The second-order valence-electron chi connectivity index (χ2n) is 6.59. The van der Waals surface area contributed by atoms with Crippen LogP contribution in [-0.2, 0) is 6.42 Å². The topological polar surface area (TPSA) is 60.7 Å². The van der Waals surface area contributed by atoms with Crippen molar-refractivity contribution < 1.29 is 9.13 Å². The number of nitrogens with zero attached hydrogens (tertiary/aromatic N) is 2. The Bertz CT molecular complexity index is 1370. The molecule has 146 valence electrons. The van der Waals surface area contributed by atoms with E-state index >= 15 is 0 Å². The van der Waals surface area contributed by atoms with Gasteiger partial charge in [-0.15, -0.1) is 0 Å². The number of methoxy groups -OCH3 is 1. The van der Waals surface area contributed by atoms with E-state index in [1.807, 2.05) is 24.3 Å². The van der Waals surface area contributed by atoms with Gasteiger partial charge < -0.3 is 4.74 Å². The Kier molecular flexibility index (Phi) is 4.98. The lowest BCUT2D eigenvalue weighted by atomic mass is 10.1. The standard InChI is InChI=1S/C22H17FN2O3S/c1-13-18(11-14-6-8-16(23)9-7-14)20(26)24-22-25(13)21(27)19(29-22)12-15-4-3-5-17(10-15)28-2/h3-10,12H,11H2,1-2H3/b19-12-. The van der Waals surface area contributed by atoms with Gasteiger partial charge in [-0.05, 0) is 48.4 Å². The summed E-state index contributed by atoms with van der Waals surface area (Å²) in [6.07, 6.45) is 2.04. The quantitative estimate of drug-likeness (QED) is 0.521. The second kappa shape index (κ2) is 7.60. The van der Waals surface area contributed by atoms with Crippen LogP contribution >= 0.6 is 11.3 Å². The summed E-state index contributed by atoms with van der Waals surface area (Å²) in [6.45, 7) is 1.73.